The number of halogens is 1. The van der Waals surface area contributed by atoms with E-state index in [1.54, 1.807) is 30.0 Å². The Kier molecular flexibility index (Phi) is 6.61. The Bertz CT molecular complexity index is 945. The van der Waals surface area contributed by atoms with Crippen molar-refractivity contribution in [2.24, 2.45) is 0 Å². The van der Waals surface area contributed by atoms with Gasteiger partial charge in [0.15, 0.2) is 9.84 Å². The highest BCUT2D eigenvalue weighted by atomic mass is 32.2. The van der Waals surface area contributed by atoms with Gasteiger partial charge in [0, 0.05) is 23.3 Å². The van der Waals surface area contributed by atoms with Crippen LogP contribution in [0.5, 0.6) is 5.75 Å². The summed E-state index contributed by atoms with van der Waals surface area (Å²) in [4.78, 5) is 13.5. The SMILES string of the molecule is CS(=O)(=O)c1ccc(OCCCC(=O)NC2CCSc3ccc(F)cc32)cc1. The summed E-state index contributed by atoms with van der Waals surface area (Å²) in [5, 5.41) is 2.98. The van der Waals surface area contributed by atoms with Crippen LogP contribution in [0.1, 0.15) is 30.9 Å². The fraction of sp³-hybridized carbons (Fsp3) is 0.350. The molecule has 1 N–H and O–H groups in total. The minimum Gasteiger partial charge on any atom is -0.494 e. The Morgan fingerprint density at radius 2 is 2.00 bits per heavy atom. The minimum atomic E-state index is -3.23. The third-order valence-corrected chi connectivity index (χ3v) is 6.67. The number of hydrogen-bond donors (Lipinski definition) is 1. The summed E-state index contributed by atoms with van der Waals surface area (Å²) >= 11 is 1.67. The number of rotatable bonds is 7. The second-order valence-electron chi connectivity index (χ2n) is 6.63. The lowest BCUT2D eigenvalue weighted by Gasteiger charge is -2.26. The third-order valence-electron chi connectivity index (χ3n) is 4.42. The third kappa shape index (κ3) is 5.48. The summed E-state index contributed by atoms with van der Waals surface area (Å²) < 4.78 is 42.0. The fourth-order valence-corrected chi connectivity index (χ4v) is 4.72. The number of carbonyl (C=O) groups is 1. The second-order valence-corrected chi connectivity index (χ2v) is 9.79. The van der Waals surface area contributed by atoms with Crippen molar-refractivity contribution in [3.8, 4) is 5.75 Å². The van der Waals surface area contributed by atoms with Crippen molar-refractivity contribution in [2.75, 3.05) is 18.6 Å². The van der Waals surface area contributed by atoms with E-state index in [1.165, 1.54) is 24.3 Å². The predicted molar refractivity (Wildman–Crippen MR) is 107 cm³/mol. The predicted octanol–water partition coefficient (Wildman–Crippen LogP) is 3.74. The first-order chi connectivity index (χ1) is 13.3. The maximum absolute atomic E-state index is 13.5. The first-order valence-electron chi connectivity index (χ1n) is 8.97. The van der Waals surface area contributed by atoms with Gasteiger partial charge in [-0.1, -0.05) is 0 Å². The van der Waals surface area contributed by atoms with Gasteiger partial charge in [0.05, 0.1) is 17.5 Å². The van der Waals surface area contributed by atoms with Gasteiger partial charge >= 0.3 is 0 Å². The second kappa shape index (κ2) is 8.96. The van der Waals surface area contributed by atoms with Crippen LogP contribution >= 0.6 is 11.8 Å². The van der Waals surface area contributed by atoms with Gasteiger partial charge in [0.1, 0.15) is 11.6 Å². The van der Waals surface area contributed by atoms with Gasteiger partial charge in [-0.05, 0) is 60.9 Å². The molecular weight excluding hydrogens is 401 g/mol. The Morgan fingerprint density at radius 1 is 1.25 bits per heavy atom. The maximum atomic E-state index is 13.5. The van der Waals surface area contributed by atoms with Crippen molar-refractivity contribution < 1.29 is 22.3 Å². The average molecular weight is 424 g/mol. The van der Waals surface area contributed by atoms with Gasteiger partial charge in [0.25, 0.3) is 0 Å². The largest absolute Gasteiger partial charge is 0.494 e. The molecule has 3 rings (SSSR count). The number of hydrogen-bond acceptors (Lipinski definition) is 5. The van der Waals surface area contributed by atoms with Crippen LogP contribution in [-0.2, 0) is 14.6 Å². The molecule has 0 aromatic heterocycles. The molecule has 0 bridgehead atoms. The van der Waals surface area contributed by atoms with Gasteiger partial charge < -0.3 is 10.1 Å². The molecule has 1 unspecified atom stereocenters. The molecule has 0 fully saturated rings. The Balaban J connectivity index is 1.45. The molecule has 2 aromatic rings. The molecule has 8 heteroatoms. The fourth-order valence-electron chi connectivity index (χ4n) is 2.99. The van der Waals surface area contributed by atoms with Crippen LogP contribution in [0.4, 0.5) is 4.39 Å². The van der Waals surface area contributed by atoms with Gasteiger partial charge in [0.2, 0.25) is 5.91 Å². The molecule has 1 amide bonds. The van der Waals surface area contributed by atoms with Crippen molar-refractivity contribution in [1.29, 1.82) is 0 Å². The smallest absolute Gasteiger partial charge is 0.220 e. The normalized spacial score (nSPS) is 16.3. The molecule has 1 aliphatic rings. The molecule has 0 aliphatic carbocycles. The van der Waals surface area contributed by atoms with Crippen LogP contribution in [0, 0.1) is 5.82 Å². The molecule has 0 saturated carbocycles. The summed E-state index contributed by atoms with van der Waals surface area (Å²) in [5.74, 6) is 1.05. The lowest BCUT2D eigenvalue weighted by atomic mass is 10.0. The van der Waals surface area contributed by atoms with Crippen molar-refractivity contribution in [2.45, 2.75) is 35.1 Å². The van der Waals surface area contributed by atoms with E-state index in [4.69, 9.17) is 4.74 Å². The number of ether oxygens (including phenoxy) is 1. The van der Waals surface area contributed by atoms with E-state index in [1.807, 2.05) is 0 Å². The molecule has 150 valence electrons. The zero-order valence-electron chi connectivity index (χ0n) is 15.5. The van der Waals surface area contributed by atoms with Crippen molar-refractivity contribution >= 4 is 27.5 Å². The Labute approximate surface area is 168 Å². The monoisotopic (exact) mass is 423 g/mol. The van der Waals surface area contributed by atoms with Crippen LogP contribution in [0.25, 0.3) is 0 Å². The average Bonchev–Trinajstić information content (AvgIpc) is 2.65. The van der Waals surface area contributed by atoms with Gasteiger partial charge in [-0.15, -0.1) is 11.8 Å². The molecular formula is C20H22FNO4S2. The molecule has 1 aliphatic heterocycles. The van der Waals surface area contributed by atoms with E-state index in [0.29, 0.717) is 25.2 Å². The van der Waals surface area contributed by atoms with Gasteiger partial charge in [-0.3, -0.25) is 4.79 Å². The van der Waals surface area contributed by atoms with Crippen molar-refractivity contribution in [3.05, 3.63) is 53.8 Å². The van der Waals surface area contributed by atoms with Crippen LogP contribution in [0.2, 0.25) is 0 Å². The topological polar surface area (TPSA) is 72.5 Å². The van der Waals surface area contributed by atoms with E-state index in [9.17, 15) is 17.6 Å². The number of fused-ring (bicyclic) bond motifs is 1. The van der Waals surface area contributed by atoms with Crippen molar-refractivity contribution in [1.82, 2.24) is 5.32 Å². The van der Waals surface area contributed by atoms with E-state index < -0.39 is 9.84 Å². The first kappa shape index (κ1) is 20.7. The minimum absolute atomic E-state index is 0.0943. The summed E-state index contributed by atoms with van der Waals surface area (Å²) in [6, 6.07) is 10.7. The molecule has 1 atom stereocenters. The Hall–Kier alpha value is -2.06. The van der Waals surface area contributed by atoms with E-state index >= 15 is 0 Å². The number of carbonyl (C=O) groups excluding carboxylic acids is 1. The molecule has 0 radical (unpaired) electrons. The van der Waals surface area contributed by atoms with Crippen LogP contribution < -0.4 is 10.1 Å². The zero-order valence-corrected chi connectivity index (χ0v) is 17.1. The summed E-state index contributed by atoms with van der Waals surface area (Å²) in [5.41, 5.74) is 0.840. The van der Waals surface area contributed by atoms with Crippen LogP contribution in [0.3, 0.4) is 0 Å². The summed E-state index contributed by atoms with van der Waals surface area (Å²) in [6.45, 7) is 0.345. The summed E-state index contributed by atoms with van der Waals surface area (Å²) in [6.07, 6.45) is 2.75. The number of nitrogens with one attached hydrogen (secondary N) is 1. The van der Waals surface area contributed by atoms with E-state index in [-0.39, 0.29) is 22.7 Å². The van der Waals surface area contributed by atoms with E-state index in [0.717, 1.165) is 28.9 Å². The van der Waals surface area contributed by atoms with Gasteiger partial charge in [-0.25, -0.2) is 12.8 Å². The quantitative estimate of drug-likeness (QED) is 0.687. The number of amides is 1. The lowest BCUT2D eigenvalue weighted by molar-refractivity contribution is -0.122. The summed E-state index contributed by atoms with van der Waals surface area (Å²) in [7, 11) is -3.23. The highest BCUT2D eigenvalue weighted by Crippen LogP contribution is 2.36. The maximum Gasteiger partial charge on any atom is 0.220 e. The first-order valence-corrected chi connectivity index (χ1v) is 11.8. The molecule has 5 nitrogen and oxygen atoms in total. The highest BCUT2D eigenvalue weighted by molar-refractivity contribution is 7.99. The van der Waals surface area contributed by atoms with E-state index in [2.05, 4.69) is 5.32 Å². The van der Waals surface area contributed by atoms with Gasteiger partial charge in [-0.2, -0.15) is 0 Å². The Morgan fingerprint density at radius 3 is 2.71 bits per heavy atom. The standard InChI is InChI=1S/C20H22FNO4S2/c1-28(24,25)16-7-5-15(6-8-16)26-11-2-3-20(23)22-18-10-12-27-19-9-4-14(21)13-17(18)19/h4-9,13,18H,2-3,10-12H2,1H3,(H,22,23). The number of thioether (sulfide) groups is 1. The number of sulfone groups is 1. The lowest BCUT2D eigenvalue weighted by Crippen LogP contribution is -2.30. The van der Waals surface area contributed by atoms with Crippen LogP contribution in [0.15, 0.2) is 52.3 Å². The molecule has 2 aromatic carbocycles. The molecule has 28 heavy (non-hydrogen) atoms. The highest BCUT2D eigenvalue weighted by Gasteiger charge is 2.22. The van der Waals surface area contributed by atoms with Crippen LogP contribution in [-0.4, -0.2) is 32.9 Å². The molecule has 0 saturated heterocycles. The number of benzene rings is 2. The molecule has 0 spiro atoms. The van der Waals surface area contributed by atoms with Crippen molar-refractivity contribution in [3.63, 3.8) is 0 Å². The zero-order chi connectivity index (χ0) is 20.1. The molecule has 1 heterocycles.